The molecule has 0 radical (unpaired) electrons. The number of fused-ring (bicyclic) bond motifs is 3. The number of carbonyl (C=O) groups is 1. The number of carbonyl (C=O) groups excluding carboxylic acids is 1. The molecule has 2 aliphatic rings. The highest BCUT2D eigenvalue weighted by Crippen LogP contribution is 2.50. The van der Waals surface area contributed by atoms with Crippen LogP contribution in [0.5, 0.6) is 0 Å². The van der Waals surface area contributed by atoms with Crippen LogP contribution in [0, 0.1) is 11.8 Å². The van der Waals surface area contributed by atoms with Crippen molar-refractivity contribution in [3.8, 4) is 0 Å². The van der Waals surface area contributed by atoms with Crippen LogP contribution in [0.15, 0.2) is 71.6 Å². The van der Waals surface area contributed by atoms with Gasteiger partial charge in [0.25, 0.3) is 10.0 Å². The molecule has 0 spiro atoms. The molecule has 7 nitrogen and oxygen atoms in total. The molecule has 3 aromatic rings. The Bertz CT molecular complexity index is 1420. The molecule has 0 amide bonds. The molecule has 37 heavy (non-hydrogen) atoms. The molecule has 2 N–H and O–H groups in total. The van der Waals surface area contributed by atoms with Gasteiger partial charge in [0, 0.05) is 55.0 Å². The highest BCUT2D eigenvalue weighted by molar-refractivity contribution is 7.92. The molecule has 3 atom stereocenters. The second-order valence-electron chi connectivity index (χ2n) is 10.3. The Morgan fingerprint density at radius 1 is 1.05 bits per heavy atom. The number of hydrogen-bond donors (Lipinski definition) is 2. The van der Waals surface area contributed by atoms with Crippen LogP contribution in [0.1, 0.15) is 53.9 Å². The maximum atomic E-state index is 13.3. The van der Waals surface area contributed by atoms with Crippen molar-refractivity contribution < 1.29 is 17.9 Å². The van der Waals surface area contributed by atoms with Crippen molar-refractivity contribution in [3.63, 3.8) is 0 Å². The van der Waals surface area contributed by atoms with Gasteiger partial charge in [-0.25, -0.2) is 8.42 Å². The Hall–Kier alpha value is -3.36. The second kappa shape index (κ2) is 9.84. The largest absolute Gasteiger partial charge is 0.378 e. The van der Waals surface area contributed by atoms with Gasteiger partial charge in [0.05, 0.1) is 22.7 Å². The fraction of sp³-hybridized carbons (Fsp3) is 0.345. The van der Waals surface area contributed by atoms with Crippen LogP contribution in [0.3, 0.4) is 0 Å². The van der Waals surface area contributed by atoms with Gasteiger partial charge in [0.1, 0.15) is 0 Å². The lowest BCUT2D eigenvalue weighted by Gasteiger charge is -2.36. The van der Waals surface area contributed by atoms with E-state index in [4.69, 9.17) is 4.74 Å². The average Bonchev–Trinajstić information content (AvgIpc) is 3.38. The van der Waals surface area contributed by atoms with Gasteiger partial charge < -0.3 is 15.0 Å². The molecule has 1 saturated heterocycles. The fourth-order valence-corrected chi connectivity index (χ4v) is 6.28. The highest BCUT2D eigenvalue weighted by atomic mass is 32.2. The van der Waals surface area contributed by atoms with Crippen LogP contribution in [-0.4, -0.2) is 34.9 Å². The standard InChI is InChI=1S/C29H33N3O4S/c1-18(2)28(33)20-10-8-19(9-11-20)27-24-14-15-36-29(24)25-17-23(12-13-26(25)30-27)37(34,35)31-21-6-5-7-22(16-21)32(3)4/h5-13,16-18,24,27,29-31H,14-15H2,1-4H3/t24-,27?,29-/m0/s1. The normalized spacial score (nSPS) is 20.6. The Balaban J connectivity index is 1.42. The van der Waals surface area contributed by atoms with E-state index in [-0.39, 0.29) is 34.7 Å². The van der Waals surface area contributed by atoms with Gasteiger partial charge in [-0.1, -0.05) is 44.2 Å². The topological polar surface area (TPSA) is 87.7 Å². The van der Waals surface area contributed by atoms with Crippen molar-refractivity contribution in [2.75, 3.05) is 35.6 Å². The van der Waals surface area contributed by atoms with Crippen LogP contribution in [0.2, 0.25) is 0 Å². The zero-order valence-corrected chi connectivity index (χ0v) is 22.4. The zero-order chi connectivity index (χ0) is 26.3. The third kappa shape index (κ3) is 4.95. The smallest absolute Gasteiger partial charge is 0.261 e. The second-order valence-corrected chi connectivity index (χ2v) is 12.0. The molecule has 2 heterocycles. The Labute approximate surface area is 218 Å². The maximum absolute atomic E-state index is 13.3. The summed E-state index contributed by atoms with van der Waals surface area (Å²) in [7, 11) is 0.0358. The average molecular weight is 520 g/mol. The van der Waals surface area contributed by atoms with Crippen molar-refractivity contribution in [2.24, 2.45) is 11.8 Å². The van der Waals surface area contributed by atoms with Gasteiger partial charge in [-0.15, -0.1) is 0 Å². The molecule has 3 aromatic carbocycles. The number of rotatable bonds is 7. The number of nitrogens with zero attached hydrogens (tertiary/aromatic N) is 1. The Kier molecular flexibility index (Phi) is 6.72. The number of nitrogens with one attached hydrogen (secondary N) is 2. The van der Waals surface area contributed by atoms with Crippen molar-refractivity contribution in [3.05, 3.63) is 83.4 Å². The maximum Gasteiger partial charge on any atom is 0.261 e. The van der Waals surface area contributed by atoms with E-state index in [1.54, 1.807) is 24.3 Å². The molecule has 0 bridgehead atoms. The molecule has 8 heteroatoms. The van der Waals surface area contributed by atoms with E-state index in [2.05, 4.69) is 10.0 Å². The van der Waals surface area contributed by atoms with E-state index in [0.717, 1.165) is 28.9 Å². The minimum Gasteiger partial charge on any atom is -0.378 e. The van der Waals surface area contributed by atoms with Crippen LogP contribution >= 0.6 is 0 Å². The minimum absolute atomic E-state index is 0.0116. The number of sulfonamides is 1. The molecule has 194 valence electrons. The van der Waals surface area contributed by atoms with E-state index in [0.29, 0.717) is 17.9 Å². The predicted octanol–water partition coefficient (Wildman–Crippen LogP) is 5.64. The summed E-state index contributed by atoms with van der Waals surface area (Å²) in [4.78, 5) is 14.5. The molecular formula is C29H33N3O4S. The molecular weight excluding hydrogens is 486 g/mol. The number of ether oxygens (including phenoxy) is 1. The molecule has 0 aliphatic carbocycles. The summed E-state index contributed by atoms with van der Waals surface area (Å²) >= 11 is 0. The summed E-state index contributed by atoms with van der Waals surface area (Å²) in [5.74, 6) is 0.239. The van der Waals surface area contributed by atoms with Gasteiger partial charge in [-0.3, -0.25) is 9.52 Å². The van der Waals surface area contributed by atoms with Crippen LogP contribution in [-0.2, 0) is 14.8 Å². The van der Waals surface area contributed by atoms with Crippen molar-refractivity contribution in [2.45, 2.75) is 37.3 Å². The predicted molar refractivity (Wildman–Crippen MR) is 147 cm³/mol. The first-order valence-electron chi connectivity index (χ1n) is 12.6. The monoisotopic (exact) mass is 519 g/mol. The van der Waals surface area contributed by atoms with Gasteiger partial charge in [0.2, 0.25) is 0 Å². The Morgan fingerprint density at radius 3 is 2.51 bits per heavy atom. The first-order chi connectivity index (χ1) is 17.6. The van der Waals surface area contributed by atoms with Crippen molar-refractivity contribution in [1.29, 1.82) is 0 Å². The summed E-state index contributed by atoms with van der Waals surface area (Å²) < 4.78 is 35.4. The van der Waals surface area contributed by atoms with E-state index < -0.39 is 10.0 Å². The first-order valence-corrected chi connectivity index (χ1v) is 14.1. The first kappa shape index (κ1) is 25.3. The third-order valence-electron chi connectivity index (χ3n) is 7.21. The molecule has 5 rings (SSSR count). The lowest BCUT2D eigenvalue weighted by molar-refractivity contribution is 0.0827. The van der Waals surface area contributed by atoms with Gasteiger partial charge >= 0.3 is 0 Å². The van der Waals surface area contributed by atoms with E-state index in [9.17, 15) is 13.2 Å². The van der Waals surface area contributed by atoms with Crippen LogP contribution in [0.25, 0.3) is 0 Å². The Morgan fingerprint density at radius 2 is 1.81 bits per heavy atom. The lowest BCUT2D eigenvalue weighted by Crippen LogP contribution is -2.29. The molecule has 2 aliphatic heterocycles. The fourth-order valence-electron chi connectivity index (χ4n) is 5.20. The van der Waals surface area contributed by atoms with Gasteiger partial charge in [-0.2, -0.15) is 0 Å². The van der Waals surface area contributed by atoms with Crippen LogP contribution in [0.4, 0.5) is 17.1 Å². The number of benzene rings is 3. The van der Waals surface area contributed by atoms with E-state index >= 15 is 0 Å². The number of anilines is 3. The molecule has 0 aromatic heterocycles. The molecule has 1 fully saturated rings. The number of hydrogen-bond acceptors (Lipinski definition) is 6. The molecule has 0 saturated carbocycles. The third-order valence-corrected chi connectivity index (χ3v) is 8.59. The van der Waals surface area contributed by atoms with Crippen LogP contribution < -0.4 is 14.9 Å². The quantitative estimate of drug-likeness (QED) is 0.393. The van der Waals surface area contributed by atoms with E-state index in [1.165, 1.54) is 0 Å². The van der Waals surface area contributed by atoms with E-state index in [1.807, 2.05) is 75.3 Å². The van der Waals surface area contributed by atoms with Gasteiger partial charge in [0.15, 0.2) is 5.78 Å². The molecule has 1 unspecified atom stereocenters. The highest BCUT2D eigenvalue weighted by Gasteiger charge is 2.42. The summed E-state index contributed by atoms with van der Waals surface area (Å²) in [6.07, 6.45) is 0.659. The SMILES string of the molecule is CC(C)C(=O)c1ccc(C2Nc3ccc(S(=O)(=O)Nc4cccc(N(C)C)c4)cc3[C@H]3OCC[C@@H]23)cc1. The van der Waals surface area contributed by atoms with Crippen molar-refractivity contribution in [1.82, 2.24) is 0 Å². The summed E-state index contributed by atoms with van der Waals surface area (Å²) in [6.45, 7) is 4.42. The summed E-state index contributed by atoms with van der Waals surface area (Å²) in [6, 6.07) is 20.3. The number of Topliss-reactive ketones (excluding diaryl/α,β-unsaturated/α-hetero) is 1. The zero-order valence-electron chi connectivity index (χ0n) is 21.6. The minimum atomic E-state index is -3.79. The lowest BCUT2D eigenvalue weighted by atomic mass is 9.81. The summed E-state index contributed by atoms with van der Waals surface area (Å²) in [5, 5.41) is 3.62. The summed E-state index contributed by atoms with van der Waals surface area (Å²) in [5.41, 5.74) is 4.94. The number of ketones is 1. The van der Waals surface area contributed by atoms with Gasteiger partial charge in [-0.05, 0) is 48.4 Å². The van der Waals surface area contributed by atoms with Crippen molar-refractivity contribution >= 4 is 32.9 Å².